The lowest BCUT2D eigenvalue weighted by Gasteiger charge is -2.16. The van der Waals surface area contributed by atoms with E-state index >= 15 is 0 Å². The minimum atomic E-state index is -0.735. The lowest BCUT2D eigenvalue weighted by Crippen LogP contribution is -2.24. The number of ether oxygens (including phenoxy) is 1. The van der Waals surface area contributed by atoms with E-state index < -0.39 is 11.8 Å². The normalized spacial score (nSPS) is 18.5. The van der Waals surface area contributed by atoms with E-state index in [4.69, 9.17) is 0 Å². The van der Waals surface area contributed by atoms with Crippen LogP contribution in [0.25, 0.3) is 0 Å². The number of esters is 1. The number of hydrogen-bond donors (Lipinski definition) is 0. The molecule has 0 N–H and O–H groups in total. The number of benzene rings is 1. The van der Waals surface area contributed by atoms with Crippen LogP contribution < -0.4 is 4.90 Å². The van der Waals surface area contributed by atoms with Gasteiger partial charge in [0.25, 0.3) is 0 Å². The quantitative estimate of drug-likeness (QED) is 0.620. The summed E-state index contributed by atoms with van der Waals surface area (Å²) in [6.45, 7) is 4.14. The average Bonchev–Trinajstić information content (AvgIpc) is 2.79. The number of carbonyl (C=O) groups is 2. The van der Waals surface area contributed by atoms with Gasteiger partial charge in [-0.05, 0) is 18.2 Å². The van der Waals surface area contributed by atoms with Gasteiger partial charge in [0.05, 0.1) is 12.7 Å². The molecular weight excluding hydrogens is 249 g/mol. The van der Waals surface area contributed by atoms with Crippen molar-refractivity contribution < 1.29 is 18.7 Å². The monoisotopic (exact) mass is 263 g/mol. The van der Waals surface area contributed by atoms with Crippen LogP contribution in [0.15, 0.2) is 30.9 Å². The van der Waals surface area contributed by atoms with Gasteiger partial charge in [0.15, 0.2) is 0 Å². The Hall–Kier alpha value is -2.17. The number of hydrogen-bond acceptors (Lipinski definition) is 3. The fraction of sp³-hybridized carbons (Fsp3) is 0.286. The van der Waals surface area contributed by atoms with Crippen LogP contribution in [0, 0.1) is 11.7 Å². The SMILES string of the molecule is C=CC1CC(=O)N(c2ccc(C(=O)OC)c(F)c2)C1. The van der Waals surface area contributed by atoms with Gasteiger partial charge in [-0.1, -0.05) is 6.08 Å². The summed E-state index contributed by atoms with van der Waals surface area (Å²) < 4.78 is 18.3. The first-order valence-electron chi connectivity index (χ1n) is 5.87. The first kappa shape index (κ1) is 13.3. The fourth-order valence-electron chi connectivity index (χ4n) is 2.09. The molecule has 1 aliphatic heterocycles. The van der Waals surface area contributed by atoms with E-state index in [1.165, 1.54) is 24.1 Å². The summed E-state index contributed by atoms with van der Waals surface area (Å²) in [5, 5.41) is 0. The zero-order chi connectivity index (χ0) is 14.0. The number of amides is 1. The molecule has 0 saturated carbocycles. The third-order valence-corrected chi connectivity index (χ3v) is 3.16. The average molecular weight is 263 g/mol. The maximum Gasteiger partial charge on any atom is 0.340 e. The molecule has 0 aliphatic carbocycles. The van der Waals surface area contributed by atoms with Crippen LogP contribution in [0.2, 0.25) is 0 Å². The second-order valence-corrected chi connectivity index (χ2v) is 4.36. The summed E-state index contributed by atoms with van der Waals surface area (Å²) in [5.41, 5.74) is 0.303. The van der Waals surface area contributed by atoms with Crippen LogP contribution in [0.1, 0.15) is 16.8 Å². The van der Waals surface area contributed by atoms with E-state index in [2.05, 4.69) is 11.3 Å². The molecule has 1 heterocycles. The van der Waals surface area contributed by atoms with Crippen LogP contribution in [0.3, 0.4) is 0 Å². The molecule has 0 aromatic heterocycles. The largest absolute Gasteiger partial charge is 0.465 e. The summed E-state index contributed by atoms with van der Waals surface area (Å²) in [5.74, 6) is -1.43. The predicted molar refractivity (Wildman–Crippen MR) is 68.4 cm³/mol. The summed E-state index contributed by atoms with van der Waals surface area (Å²) in [7, 11) is 1.19. The van der Waals surface area contributed by atoms with E-state index in [1.54, 1.807) is 12.1 Å². The highest BCUT2D eigenvalue weighted by molar-refractivity contribution is 5.97. The van der Waals surface area contributed by atoms with Crippen molar-refractivity contribution in [3.8, 4) is 0 Å². The number of rotatable bonds is 3. The topological polar surface area (TPSA) is 46.6 Å². The zero-order valence-electron chi connectivity index (χ0n) is 10.6. The molecule has 1 saturated heterocycles. The van der Waals surface area contributed by atoms with Gasteiger partial charge in [0, 0.05) is 24.6 Å². The van der Waals surface area contributed by atoms with Gasteiger partial charge in [-0.25, -0.2) is 9.18 Å². The van der Waals surface area contributed by atoms with Crippen LogP contribution >= 0.6 is 0 Å². The van der Waals surface area contributed by atoms with Gasteiger partial charge in [-0.2, -0.15) is 0 Å². The molecule has 0 spiro atoms. The molecular formula is C14H14FNO3. The number of nitrogens with zero attached hydrogens (tertiary/aromatic N) is 1. The molecule has 0 bridgehead atoms. The molecule has 1 atom stereocenters. The molecule has 4 nitrogen and oxygen atoms in total. The highest BCUT2D eigenvalue weighted by atomic mass is 19.1. The molecule has 1 aromatic rings. The van der Waals surface area contributed by atoms with Crippen LogP contribution in [0.4, 0.5) is 10.1 Å². The molecule has 2 rings (SSSR count). The predicted octanol–water partition coefficient (Wildman–Crippen LogP) is 2.15. The zero-order valence-corrected chi connectivity index (χ0v) is 10.6. The fourth-order valence-corrected chi connectivity index (χ4v) is 2.09. The Labute approximate surface area is 110 Å². The summed E-state index contributed by atoms with van der Waals surface area (Å²) in [6.07, 6.45) is 2.10. The van der Waals surface area contributed by atoms with E-state index in [0.717, 1.165) is 0 Å². The molecule has 1 fully saturated rings. The maximum atomic E-state index is 13.8. The summed E-state index contributed by atoms with van der Waals surface area (Å²) in [6, 6.07) is 4.04. The van der Waals surface area contributed by atoms with E-state index in [-0.39, 0.29) is 17.4 Å². The Morgan fingerprint density at radius 1 is 1.58 bits per heavy atom. The Morgan fingerprint density at radius 3 is 2.84 bits per heavy atom. The first-order chi connectivity index (χ1) is 9.06. The molecule has 0 radical (unpaired) electrons. The first-order valence-corrected chi connectivity index (χ1v) is 5.87. The third kappa shape index (κ3) is 2.50. The van der Waals surface area contributed by atoms with E-state index in [0.29, 0.717) is 18.7 Å². The van der Waals surface area contributed by atoms with Crippen molar-refractivity contribution in [2.24, 2.45) is 5.92 Å². The number of halogens is 1. The Bertz CT molecular complexity index is 541. The Morgan fingerprint density at radius 2 is 2.32 bits per heavy atom. The van der Waals surface area contributed by atoms with Crippen LogP contribution in [0.5, 0.6) is 0 Å². The standard InChI is InChI=1S/C14H14FNO3/c1-3-9-6-13(17)16(8-9)10-4-5-11(12(15)7-10)14(18)19-2/h3-5,7,9H,1,6,8H2,2H3. The second kappa shape index (κ2) is 5.22. The van der Waals surface area contributed by atoms with E-state index in [1.807, 2.05) is 0 Å². The highest BCUT2D eigenvalue weighted by Gasteiger charge is 2.29. The van der Waals surface area contributed by atoms with Gasteiger partial charge in [0.1, 0.15) is 5.82 Å². The minimum Gasteiger partial charge on any atom is -0.465 e. The molecule has 1 aliphatic rings. The van der Waals surface area contributed by atoms with Gasteiger partial charge >= 0.3 is 5.97 Å². The van der Waals surface area contributed by atoms with E-state index in [9.17, 15) is 14.0 Å². The lowest BCUT2D eigenvalue weighted by atomic mass is 10.1. The lowest BCUT2D eigenvalue weighted by molar-refractivity contribution is -0.117. The highest BCUT2D eigenvalue weighted by Crippen LogP contribution is 2.27. The van der Waals surface area contributed by atoms with Crippen LogP contribution in [-0.2, 0) is 9.53 Å². The summed E-state index contributed by atoms with van der Waals surface area (Å²) in [4.78, 5) is 24.6. The molecule has 100 valence electrons. The number of methoxy groups -OCH3 is 1. The smallest absolute Gasteiger partial charge is 0.340 e. The van der Waals surface area contributed by atoms with Gasteiger partial charge < -0.3 is 9.64 Å². The van der Waals surface area contributed by atoms with Crippen molar-refractivity contribution in [1.82, 2.24) is 0 Å². The summed E-state index contributed by atoms with van der Waals surface area (Å²) >= 11 is 0. The molecule has 1 amide bonds. The van der Waals surface area contributed by atoms with Gasteiger partial charge in [-0.15, -0.1) is 6.58 Å². The van der Waals surface area contributed by atoms with Crippen molar-refractivity contribution in [2.45, 2.75) is 6.42 Å². The van der Waals surface area contributed by atoms with Crippen molar-refractivity contribution in [2.75, 3.05) is 18.6 Å². The van der Waals surface area contributed by atoms with Crippen molar-refractivity contribution >= 4 is 17.6 Å². The maximum absolute atomic E-state index is 13.8. The second-order valence-electron chi connectivity index (χ2n) is 4.36. The Balaban J connectivity index is 2.28. The van der Waals surface area contributed by atoms with Crippen molar-refractivity contribution in [1.29, 1.82) is 0 Å². The molecule has 19 heavy (non-hydrogen) atoms. The number of carbonyl (C=O) groups excluding carboxylic acids is 2. The van der Waals surface area contributed by atoms with Crippen LogP contribution in [-0.4, -0.2) is 25.5 Å². The van der Waals surface area contributed by atoms with Crippen molar-refractivity contribution in [3.63, 3.8) is 0 Å². The number of anilines is 1. The Kier molecular flexibility index (Phi) is 3.64. The third-order valence-electron chi connectivity index (χ3n) is 3.16. The van der Waals surface area contributed by atoms with Gasteiger partial charge in [-0.3, -0.25) is 4.79 Å². The van der Waals surface area contributed by atoms with Crippen molar-refractivity contribution in [3.05, 3.63) is 42.2 Å². The molecule has 1 unspecified atom stereocenters. The van der Waals surface area contributed by atoms with Gasteiger partial charge in [0.2, 0.25) is 5.91 Å². The molecule has 5 heteroatoms. The minimum absolute atomic E-state index is 0.0740. The molecule has 1 aromatic carbocycles.